The molecule has 5 aromatic rings. The van der Waals surface area contributed by atoms with Gasteiger partial charge in [0.25, 0.3) is 0 Å². The molecule has 0 bridgehead atoms. The van der Waals surface area contributed by atoms with Gasteiger partial charge in [0.2, 0.25) is 0 Å². The SMILES string of the molecule is O=C(O)c1cc(C=Cc2cc(OCc3ccccc3)ccc2OCc2ccccc2)ccc1OCc1ccccc1. The van der Waals surface area contributed by atoms with Crippen molar-refractivity contribution in [2.75, 3.05) is 0 Å². The highest BCUT2D eigenvalue weighted by Gasteiger charge is 2.13. The first-order chi connectivity index (χ1) is 20.1. The lowest BCUT2D eigenvalue weighted by molar-refractivity contribution is 0.0691. The van der Waals surface area contributed by atoms with Crippen molar-refractivity contribution in [3.8, 4) is 17.2 Å². The Hall–Kier alpha value is -5.29. The number of rotatable bonds is 12. The van der Waals surface area contributed by atoms with Crippen molar-refractivity contribution in [3.63, 3.8) is 0 Å². The number of aromatic carboxylic acids is 1. The number of benzene rings is 5. The van der Waals surface area contributed by atoms with Crippen molar-refractivity contribution in [3.05, 3.63) is 161 Å². The molecule has 0 heterocycles. The van der Waals surface area contributed by atoms with E-state index in [1.165, 1.54) is 0 Å². The molecule has 5 rings (SSSR count). The molecule has 0 amide bonds. The van der Waals surface area contributed by atoms with Crippen LogP contribution in [0.1, 0.15) is 38.2 Å². The minimum Gasteiger partial charge on any atom is -0.489 e. The Morgan fingerprint density at radius 1 is 0.561 bits per heavy atom. The number of carboxylic acids is 1. The lowest BCUT2D eigenvalue weighted by atomic mass is 10.1. The molecule has 0 aliphatic carbocycles. The van der Waals surface area contributed by atoms with Crippen molar-refractivity contribution in [2.24, 2.45) is 0 Å². The maximum atomic E-state index is 12.0. The van der Waals surface area contributed by atoms with Crippen LogP contribution >= 0.6 is 0 Å². The predicted octanol–water partition coefficient (Wildman–Crippen LogP) is 8.29. The van der Waals surface area contributed by atoms with Gasteiger partial charge in [-0.25, -0.2) is 4.79 Å². The zero-order valence-electron chi connectivity index (χ0n) is 22.5. The highest BCUT2D eigenvalue weighted by molar-refractivity contribution is 5.92. The second kappa shape index (κ2) is 13.7. The lowest BCUT2D eigenvalue weighted by Gasteiger charge is -2.13. The highest BCUT2D eigenvalue weighted by atomic mass is 16.5. The average Bonchev–Trinajstić information content (AvgIpc) is 3.02. The van der Waals surface area contributed by atoms with Crippen LogP contribution in [0.5, 0.6) is 17.2 Å². The fourth-order valence-electron chi connectivity index (χ4n) is 4.22. The number of hydrogen-bond acceptors (Lipinski definition) is 4. The zero-order chi connectivity index (χ0) is 28.3. The van der Waals surface area contributed by atoms with Crippen molar-refractivity contribution in [2.45, 2.75) is 19.8 Å². The Labute approximate surface area is 239 Å². The second-order valence-electron chi connectivity index (χ2n) is 9.42. The summed E-state index contributed by atoms with van der Waals surface area (Å²) in [6.07, 6.45) is 3.76. The quantitative estimate of drug-likeness (QED) is 0.161. The molecule has 0 unspecified atom stereocenters. The summed E-state index contributed by atoms with van der Waals surface area (Å²) < 4.78 is 18.0. The van der Waals surface area contributed by atoms with Crippen molar-refractivity contribution in [1.82, 2.24) is 0 Å². The molecular weight excluding hydrogens is 512 g/mol. The molecule has 5 aromatic carbocycles. The van der Waals surface area contributed by atoms with E-state index in [0.29, 0.717) is 30.5 Å². The van der Waals surface area contributed by atoms with Crippen LogP contribution in [0.4, 0.5) is 0 Å². The Kier molecular flexibility index (Phi) is 9.10. The van der Waals surface area contributed by atoms with Gasteiger partial charge in [0.15, 0.2) is 0 Å². The molecule has 5 nitrogen and oxygen atoms in total. The van der Waals surface area contributed by atoms with E-state index in [9.17, 15) is 9.90 Å². The lowest BCUT2D eigenvalue weighted by Crippen LogP contribution is -2.03. The van der Waals surface area contributed by atoms with Crippen molar-refractivity contribution >= 4 is 18.1 Å². The third-order valence-electron chi connectivity index (χ3n) is 6.39. The standard InChI is InChI=1S/C36H30O5/c37-36(38)33-22-27(17-20-35(33)41-26-30-14-8-3-9-15-30)16-18-31-23-32(39-24-28-10-4-1-5-11-28)19-21-34(31)40-25-29-12-6-2-7-13-29/h1-23H,24-26H2,(H,37,38). The minimum atomic E-state index is -1.05. The molecule has 0 aromatic heterocycles. The summed E-state index contributed by atoms with van der Waals surface area (Å²) >= 11 is 0. The summed E-state index contributed by atoms with van der Waals surface area (Å²) in [4.78, 5) is 12.0. The van der Waals surface area contributed by atoms with Crippen molar-refractivity contribution in [1.29, 1.82) is 0 Å². The summed E-state index contributed by atoms with van der Waals surface area (Å²) in [6, 6.07) is 40.4. The van der Waals surface area contributed by atoms with E-state index in [4.69, 9.17) is 14.2 Å². The fraction of sp³-hybridized carbons (Fsp3) is 0.0833. The maximum Gasteiger partial charge on any atom is 0.339 e. The molecule has 41 heavy (non-hydrogen) atoms. The third kappa shape index (κ3) is 7.87. The summed E-state index contributed by atoms with van der Waals surface area (Å²) in [5, 5.41) is 9.84. The van der Waals surface area contributed by atoms with Gasteiger partial charge in [-0.1, -0.05) is 109 Å². The van der Waals surface area contributed by atoms with Gasteiger partial charge in [-0.15, -0.1) is 0 Å². The molecule has 0 saturated heterocycles. The molecule has 0 saturated carbocycles. The van der Waals surface area contributed by atoms with Crippen LogP contribution in [0.15, 0.2) is 127 Å². The Morgan fingerprint density at radius 2 is 1.07 bits per heavy atom. The van der Waals surface area contributed by atoms with E-state index >= 15 is 0 Å². The number of carbonyl (C=O) groups is 1. The molecular formula is C36H30O5. The largest absolute Gasteiger partial charge is 0.489 e. The second-order valence-corrected chi connectivity index (χ2v) is 9.42. The molecule has 5 heteroatoms. The molecule has 0 spiro atoms. The number of carboxylic acid groups (broad SMARTS) is 1. The third-order valence-corrected chi connectivity index (χ3v) is 6.39. The maximum absolute atomic E-state index is 12.0. The van der Waals surface area contributed by atoms with Crippen LogP contribution in [-0.2, 0) is 19.8 Å². The molecule has 1 N–H and O–H groups in total. The van der Waals surface area contributed by atoms with Gasteiger partial charge >= 0.3 is 5.97 Å². The van der Waals surface area contributed by atoms with Gasteiger partial charge in [0, 0.05) is 5.56 Å². The van der Waals surface area contributed by atoms with E-state index in [-0.39, 0.29) is 12.2 Å². The van der Waals surface area contributed by atoms with E-state index < -0.39 is 5.97 Å². The summed E-state index contributed by atoms with van der Waals surface area (Å²) in [6.45, 7) is 1.15. The number of hydrogen-bond donors (Lipinski definition) is 1. The first-order valence-electron chi connectivity index (χ1n) is 13.3. The van der Waals surface area contributed by atoms with Gasteiger partial charge < -0.3 is 19.3 Å². The van der Waals surface area contributed by atoms with Gasteiger partial charge in [-0.2, -0.15) is 0 Å². The normalized spacial score (nSPS) is 10.8. The Balaban J connectivity index is 1.36. The number of ether oxygens (including phenoxy) is 3. The van der Waals surface area contributed by atoms with Crippen LogP contribution in [-0.4, -0.2) is 11.1 Å². The van der Waals surface area contributed by atoms with Crippen LogP contribution in [0.3, 0.4) is 0 Å². The average molecular weight is 543 g/mol. The summed E-state index contributed by atoms with van der Waals surface area (Å²) in [5.74, 6) is 0.670. The highest BCUT2D eigenvalue weighted by Crippen LogP contribution is 2.29. The van der Waals surface area contributed by atoms with E-state index in [1.807, 2.05) is 127 Å². The zero-order valence-corrected chi connectivity index (χ0v) is 22.5. The smallest absolute Gasteiger partial charge is 0.339 e. The van der Waals surface area contributed by atoms with Crippen LogP contribution < -0.4 is 14.2 Å². The Bertz CT molecular complexity index is 1600. The minimum absolute atomic E-state index is 0.101. The molecule has 204 valence electrons. The van der Waals surface area contributed by atoms with Crippen molar-refractivity contribution < 1.29 is 24.1 Å². The topological polar surface area (TPSA) is 65.0 Å². The molecule has 0 fully saturated rings. The van der Waals surface area contributed by atoms with E-state index in [2.05, 4.69) is 0 Å². The van der Waals surface area contributed by atoms with E-state index in [0.717, 1.165) is 27.8 Å². The van der Waals surface area contributed by atoms with Crippen LogP contribution in [0, 0.1) is 0 Å². The van der Waals surface area contributed by atoms with Gasteiger partial charge in [-0.05, 0) is 52.6 Å². The molecule has 0 atom stereocenters. The van der Waals surface area contributed by atoms with Gasteiger partial charge in [0.1, 0.15) is 42.6 Å². The van der Waals surface area contributed by atoms with Crippen LogP contribution in [0.25, 0.3) is 12.2 Å². The summed E-state index contributed by atoms with van der Waals surface area (Å²) in [5.41, 5.74) is 4.73. The molecule has 0 aliphatic heterocycles. The summed E-state index contributed by atoms with van der Waals surface area (Å²) in [7, 11) is 0. The first-order valence-corrected chi connectivity index (χ1v) is 13.3. The fourth-order valence-corrected chi connectivity index (χ4v) is 4.22. The molecule has 0 radical (unpaired) electrons. The first kappa shape index (κ1) is 27.3. The Morgan fingerprint density at radius 3 is 1.63 bits per heavy atom. The van der Waals surface area contributed by atoms with Crippen LogP contribution in [0.2, 0.25) is 0 Å². The van der Waals surface area contributed by atoms with Gasteiger partial charge in [-0.3, -0.25) is 0 Å². The molecule has 0 aliphatic rings. The van der Waals surface area contributed by atoms with E-state index in [1.54, 1.807) is 12.1 Å². The monoisotopic (exact) mass is 542 g/mol. The predicted molar refractivity (Wildman–Crippen MR) is 161 cm³/mol. The van der Waals surface area contributed by atoms with Gasteiger partial charge in [0.05, 0.1) is 0 Å².